The highest BCUT2D eigenvalue weighted by Crippen LogP contribution is 2.09. The molecule has 0 radical (unpaired) electrons. The van der Waals surface area contributed by atoms with Crippen molar-refractivity contribution in [2.24, 2.45) is 5.10 Å². The Morgan fingerprint density at radius 2 is 2.22 bits per heavy atom. The number of nitrogens with zero attached hydrogens (tertiary/aromatic N) is 1. The van der Waals surface area contributed by atoms with Crippen LogP contribution in [0.15, 0.2) is 45.9 Å². The van der Waals surface area contributed by atoms with Crippen molar-refractivity contribution in [2.75, 3.05) is 0 Å². The summed E-state index contributed by atoms with van der Waals surface area (Å²) in [6.45, 7) is 1.76. The van der Waals surface area contributed by atoms with Crippen molar-refractivity contribution in [3.05, 3.63) is 53.5 Å². The number of carbonyl (C=O) groups excluding carboxylic acids is 1. The quantitative estimate of drug-likeness (QED) is 0.641. The van der Waals surface area contributed by atoms with E-state index in [4.69, 9.17) is 4.42 Å². The van der Waals surface area contributed by atoms with Crippen molar-refractivity contribution in [3.8, 4) is 5.75 Å². The molecule has 92 valence electrons. The zero-order chi connectivity index (χ0) is 13.0. The fourth-order valence-electron chi connectivity index (χ4n) is 1.38. The van der Waals surface area contributed by atoms with Crippen LogP contribution in [0, 0.1) is 6.92 Å². The third-order valence-corrected chi connectivity index (χ3v) is 2.21. The molecule has 5 heteroatoms. The normalized spacial score (nSPS) is 10.7. The number of rotatable bonds is 3. The summed E-state index contributed by atoms with van der Waals surface area (Å²) in [5.74, 6) is 0.601. The molecule has 1 aromatic carbocycles. The maximum Gasteiger partial charge on any atom is 0.307 e. The number of benzene rings is 1. The minimum Gasteiger partial charge on any atom is -0.508 e. The van der Waals surface area contributed by atoms with Gasteiger partial charge in [0.15, 0.2) is 5.76 Å². The van der Waals surface area contributed by atoms with Gasteiger partial charge in [0.1, 0.15) is 11.5 Å². The Labute approximate surface area is 104 Å². The monoisotopic (exact) mass is 244 g/mol. The highest BCUT2D eigenvalue weighted by Gasteiger charge is 2.07. The molecule has 18 heavy (non-hydrogen) atoms. The van der Waals surface area contributed by atoms with E-state index < -0.39 is 5.91 Å². The number of hydrogen-bond donors (Lipinski definition) is 2. The molecule has 2 aromatic rings. The van der Waals surface area contributed by atoms with Crippen LogP contribution in [0.4, 0.5) is 0 Å². The first kappa shape index (κ1) is 11.9. The van der Waals surface area contributed by atoms with Crippen LogP contribution in [0.25, 0.3) is 0 Å². The first-order valence-electron chi connectivity index (χ1n) is 5.34. The van der Waals surface area contributed by atoms with Gasteiger partial charge in [0.05, 0.1) is 6.21 Å². The molecule has 2 rings (SSSR count). The maximum atomic E-state index is 11.5. The van der Waals surface area contributed by atoms with Gasteiger partial charge in [-0.1, -0.05) is 12.1 Å². The minimum atomic E-state index is -0.417. The lowest BCUT2D eigenvalue weighted by molar-refractivity contribution is 0.0926. The molecular formula is C13H12N2O3. The second kappa shape index (κ2) is 5.18. The molecular weight excluding hydrogens is 232 g/mol. The molecule has 0 saturated heterocycles. The van der Waals surface area contributed by atoms with Gasteiger partial charge in [-0.25, -0.2) is 5.43 Å². The van der Waals surface area contributed by atoms with Gasteiger partial charge >= 0.3 is 5.91 Å². The highest BCUT2D eigenvalue weighted by atomic mass is 16.3. The number of hydrazone groups is 1. The van der Waals surface area contributed by atoms with E-state index in [-0.39, 0.29) is 11.5 Å². The van der Waals surface area contributed by atoms with E-state index in [9.17, 15) is 9.90 Å². The van der Waals surface area contributed by atoms with Gasteiger partial charge in [-0.05, 0) is 36.8 Å². The van der Waals surface area contributed by atoms with Crippen LogP contribution in [-0.2, 0) is 0 Å². The smallest absolute Gasteiger partial charge is 0.307 e. The summed E-state index contributed by atoms with van der Waals surface area (Å²) in [6.07, 6.45) is 1.44. The molecule has 0 spiro atoms. The number of amides is 1. The molecule has 0 bridgehead atoms. The summed E-state index contributed by atoms with van der Waals surface area (Å²) in [4.78, 5) is 11.5. The molecule has 0 aliphatic heterocycles. The zero-order valence-electron chi connectivity index (χ0n) is 9.75. The maximum absolute atomic E-state index is 11.5. The van der Waals surface area contributed by atoms with Gasteiger partial charge in [0, 0.05) is 0 Å². The lowest BCUT2D eigenvalue weighted by atomic mass is 10.2. The number of phenolic OH excluding ortho intramolecular Hbond substituents is 1. The minimum absolute atomic E-state index is 0.145. The van der Waals surface area contributed by atoms with Crippen molar-refractivity contribution in [3.63, 3.8) is 0 Å². The lowest BCUT2D eigenvalue weighted by Gasteiger charge is -1.96. The van der Waals surface area contributed by atoms with Gasteiger partial charge in [-0.15, -0.1) is 0 Å². The number of nitrogens with one attached hydrogen (secondary N) is 1. The summed E-state index contributed by atoms with van der Waals surface area (Å²) in [5.41, 5.74) is 3.02. The average molecular weight is 244 g/mol. The fourth-order valence-corrected chi connectivity index (χ4v) is 1.38. The Morgan fingerprint density at radius 1 is 1.39 bits per heavy atom. The first-order valence-corrected chi connectivity index (χ1v) is 5.34. The number of furan rings is 1. The van der Waals surface area contributed by atoms with Crippen molar-refractivity contribution in [2.45, 2.75) is 6.92 Å². The molecule has 2 N–H and O–H groups in total. The van der Waals surface area contributed by atoms with Crippen LogP contribution in [0.1, 0.15) is 21.9 Å². The van der Waals surface area contributed by atoms with Gasteiger partial charge in [-0.3, -0.25) is 4.79 Å². The largest absolute Gasteiger partial charge is 0.508 e. The summed E-state index contributed by atoms with van der Waals surface area (Å²) in [7, 11) is 0. The van der Waals surface area contributed by atoms with Crippen molar-refractivity contribution in [1.29, 1.82) is 0 Å². The standard InChI is InChI=1S/C13H12N2O3/c1-9-5-6-12(18-9)13(17)15-14-8-10-3-2-4-11(16)7-10/h2-8,16H,1H3,(H,15,17)/b14-8-. The molecule has 0 unspecified atom stereocenters. The highest BCUT2D eigenvalue weighted by molar-refractivity contribution is 5.92. The molecule has 0 aliphatic carbocycles. The molecule has 1 aromatic heterocycles. The number of aromatic hydroxyl groups is 1. The molecule has 1 heterocycles. The van der Waals surface area contributed by atoms with Crippen LogP contribution < -0.4 is 5.43 Å². The lowest BCUT2D eigenvalue weighted by Crippen LogP contribution is -2.16. The summed E-state index contributed by atoms with van der Waals surface area (Å²) in [5, 5.41) is 13.0. The van der Waals surface area contributed by atoms with E-state index >= 15 is 0 Å². The van der Waals surface area contributed by atoms with Gasteiger partial charge in [0.2, 0.25) is 0 Å². The Hall–Kier alpha value is -2.56. The second-order valence-electron chi connectivity index (χ2n) is 3.70. The van der Waals surface area contributed by atoms with Crippen LogP contribution in [0.2, 0.25) is 0 Å². The van der Waals surface area contributed by atoms with Crippen LogP contribution >= 0.6 is 0 Å². The predicted octanol–water partition coefficient (Wildman–Crippen LogP) is 2.06. The summed E-state index contributed by atoms with van der Waals surface area (Å²) < 4.78 is 5.14. The molecule has 0 aliphatic rings. The summed E-state index contributed by atoms with van der Waals surface area (Å²) >= 11 is 0. The number of carbonyl (C=O) groups is 1. The van der Waals surface area contributed by atoms with E-state index in [0.29, 0.717) is 11.3 Å². The van der Waals surface area contributed by atoms with E-state index in [1.165, 1.54) is 12.3 Å². The number of aryl methyl sites for hydroxylation is 1. The third-order valence-electron chi connectivity index (χ3n) is 2.21. The Bertz CT molecular complexity index is 587. The van der Waals surface area contributed by atoms with Gasteiger partial charge in [0.25, 0.3) is 0 Å². The SMILES string of the molecule is Cc1ccc(C(=O)N/N=C\c2cccc(O)c2)o1. The van der Waals surface area contributed by atoms with E-state index in [1.54, 1.807) is 37.3 Å². The second-order valence-corrected chi connectivity index (χ2v) is 3.70. The van der Waals surface area contributed by atoms with E-state index in [0.717, 1.165) is 0 Å². The molecule has 1 amide bonds. The van der Waals surface area contributed by atoms with Crippen LogP contribution in [0.5, 0.6) is 5.75 Å². The van der Waals surface area contributed by atoms with Crippen molar-refractivity contribution < 1.29 is 14.3 Å². The topological polar surface area (TPSA) is 74.8 Å². The Balaban J connectivity index is 1.97. The van der Waals surface area contributed by atoms with Gasteiger partial charge < -0.3 is 9.52 Å². The van der Waals surface area contributed by atoms with Crippen molar-refractivity contribution >= 4 is 12.1 Å². The Kier molecular flexibility index (Phi) is 3.43. The van der Waals surface area contributed by atoms with Crippen molar-refractivity contribution in [1.82, 2.24) is 5.43 Å². The zero-order valence-corrected chi connectivity index (χ0v) is 9.75. The number of phenols is 1. The molecule has 0 atom stereocenters. The van der Waals surface area contributed by atoms with Gasteiger partial charge in [-0.2, -0.15) is 5.10 Å². The molecule has 5 nitrogen and oxygen atoms in total. The molecule has 0 saturated carbocycles. The number of hydrogen-bond acceptors (Lipinski definition) is 4. The third kappa shape index (κ3) is 2.98. The first-order chi connectivity index (χ1) is 8.65. The van der Waals surface area contributed by atoms with Crippen LogP contribution in [0.3, 0.4) is 0 Å². The summed E-state index contributed by atoms with van der Waals surface area (Å²) in [6, 6.07) is 9.82. The average Bonchev–Trinajstić information content (AvgIpc) is 2.76. The van der Waals surface area contributed by atoms with Crippen LogP contribution in [-0.4, -0.2) is 17.2 Å². The van der Waals surface area contributed by atoms with E-state index in [1.807, 2.05) is 0 Å². The Morgan fingerprint density at radius 3 is 2.89 bits per heavy atom. The van der Waals surface area contributed by atoms with E-state index in [2.05, 4.69) is 10.5 Å². The molecule has 0 fully saturated rings. The fraction of sp³-hybridized carbons (Fsp3) is 0.0769. The predicted molar refractivity (Wildman–Crippen MR) is 66.6 cm³/mol.